The summed E-state index contributed by atoms with van der Waals surface area (Å²) in [6.07, 6.45) is 4.79. The largest absolute Gasteiger partial charge is 0.0747 e. The predicted octanol–water partition coefficient (Wildman–Crippen LogP) is 6.80. The molecule has 3 aromatic carbocycles. The van der Waals surface area contributed by atoms with Gasteiger partial charge in [0.15, 0.2) is 0 Å². The Kier molecular flexibility index (Phi) is 7.28. The van der Waals surface area contributed by atoms with Crippen LogP contribution in [0.25, 0.3) is 0 Å². The molecule has 0 aliphatic rings. The summed E-state index contributed by atoms with van der Waals surface area (Å²) in [5.74, 6) is 0. The summed E-state index contributed by atoms with van der Waals surface area (Å²) >= 11 is 7.04. The average Bonchev–Trinajstić information content (AvgIpc) is 2.65. The number of hydrogen-bond acceptors (Lipinski definition) is 0. The van der Waals surface area contributed by atoms with Crippen molar-refractivity contribution in [2.45, 2.75) is 12.8 Å². The molecule has 0 heterocycles. The summed E-state index contributed by atoms with van der Waals surface area (Å²) in [7, 11) is -0.142. The summed E-state index contributed by atoms with van der Waals surface area (Å²) in [4.78, 5) is 0. The van der Waals surface area contributed by atoms with Crippen LogP contribution in [0.1, 0.15) is 11.1 Å². The van der Waals surface area contributed by atoms with Crippen LogP contribution in [0.5, 0.6) is 0 Å². The van der Waals surface area contributed by atoms with E-state index < -0.39 is 0 Å². The minimum atomic E-state index is -0.142. The summed E-state index contributed by atoms with van der Waals surface area (Å²) < 4.78 is 2.30. The lowest BCUT2D eigenvalue weighted by Crippen LogP contribution is -2.09. The van der Waals surface area contributed by atoms with Crippen LogP contribution in [0.3, 0.4) is 0 Å². The van der Waals surface area contributed by atoms with Gasteiger partial charge in [-0.25, -0.2) is 0 Å². The third kappa shape index (κ3) is 6.06. The first-order valence-corrected chi connectivity index (χ1v) is 11.8. The Balaban J connectivity index is 1.66. The van der Waals surface area contributed by atoms with Gasteiger partial charge in [0.25, 0.3) is 0 Å². The SMILES string of the molecule is Brc1ccc(CCP(CCc2ccc(Br)cc2)c2ccccc2)cc1. The van der Waals surface area contributed by atoms with E-state index in [1.165, 1.54) is 28.8 Å². The fourth-order valence-corrected chi connectivity index (χ4v) is 5.76. The second kappa shape index (κ2) is 9.67. The molecule has 25 heavy (non-hydrogen) atoms. The van der Waals surface area contributed by atoms with Gasteiger partial charge in [-0.3, -0.25) is 0 Å². The molecule has 0 radical (unpaired) electrons. The topological polar surface area (TPSA) is 0 Å². The first-order chi connectivity index (χ1) is 12.2. The lowest BCUT2D eigenvalue weighted by Gasteiger charge is -2.18. The van der Waals surface area contributed by atoms with Crippen molar-refractivity contribution >= 4 is 45.1 Å². The Morgan fingerprint density at radius 1 is 0.560 bits per heavy atom. The first kappa shape index (κ1) is 18.8. The van der Waals surface area contributed by atoms with Gasteiger partial charge < -0.3 is 0 Å². The molecule has 128 valence electrons. The zero-order valence-electron chi connectivity index (χ0n) is 14.0. The molecule has 0 saturated carbocycles. The minimum absolute atomic E-state index is 0.142. The maximum atomic E-state index is 3.52. The van der Waals surface area contributed by atoms with Crippen LogP contribution in [0.15, 0.2) is 87.8 Å². The Hall–Kier alpha value is -0.950. The molecule has 0 aliphatic heterocycles. The van der Waals surface area contributed by atoms with Crippen molar-refractivity contribution in [1.29, 1.82) is 0 Å². The molecule has 3 rings (SSSR count). The highest BCUT2D eigenvalue weighted by molar-refractivity contribution is 9.10. The van der Waals surface area contributed by atoms with E-state index in [1.54, 1.807) is 0 Å². The molecule has 0 saturated heterocycles. The molecular weight excluding hydrogens is 455 g/mol. The molecule has 0 amide bonds. The fraction of sp³-hybridized carbons (Fsp3) is 0.182. The number of halogens is 2. The van der Waals surface area contributed by atoms with E-state index in [-0.39, 0.29) is 7.92 Å². The number of rotatable bonds is 7. The molecule has 0 spiro atoms. The minimum Gasteiger partial charge on any atom is -0.0747 e. The predicted molar refractivity (Wildman–Crippen MR) is 118 cm³/mol. The number of hydrogen-bond donors (Lipinski definition) is 0. The van der Waals surface area contributed by atoms with Crippen molar-refractivity contribution in [1.82, 2.24) is 0 Å². The Morgan fingerprint density at radius 3 is 1.44 bits per heavy atom. The molecule has 0 atom stereocenters. The van der Waals surface area contributed by atoms with Crippen LogP contribution in [-0.2, 0) is 12.8 Å². The molecular formula is C22H21Br2P. The third-order valence-corrected chi connectivity index (χ3v) is 7.90. The Bertz CT molecular complexity index is 718. The van der Waals surface area contributed by atoms with E-state index in [2.05, 4.69) is 111 Å². The van der Waals surface area contributed by atoms with Gasteiger partial charge in [0.1, 0.15) is 0 Å². The molecule has 0 N–H and O–H groups in total. The molecule has 3 aromatic rings. The Morgan fingerprint density at radius 2 is 1.00 bits per heavy atom. The summed E-state index contributed by atoms with van der Waals surface area (Å²) in [6, 6.07) is 28.6. The zero-order valence-corrected chi connectivity index (χ0v) is 18.1. The van der Waals surface area contributed by atoms with Gasteiger partial charge in [-0.2, -0.15) is 0 Å². The summed E-state index contributed by atoms with van der Waals surface area (Å²) in [5.41, 5.74) is 2.85. The standard InChI is InChI=1S/C22H21Br2P/c23-20-10-6-18(7-11-20)14-16-25(22-4-2-1-3-5-22)17-15-19-8-12-21(24)13-9-19/h1-13H,14-17H2. The van der Waals surface area contributed by atoms with Crippen molar-refractivity contribution < 1.29 is 0 Å². The van der Waals surface area contributed by atoms with Gasteiger partial charge in [-0.15, -0.1) is 0 Å². The number of benzene rings is 3. The second-order valence-corrected chi connectivity index (χ2v) is 10.4. The molecule has 0 fully saturated rings. The molecule has 3 heteroatoms. The smallest absolute Gasteiger partial charge is 0.0175 e. The van der Waals surface area contributed by atoms with Gasteiger partial charge in [0, 0.05) is 8.95 Å². The van der Waals surface area contributed by atoms with E-state index in [9.17, 15) is 0 Å². The Labute approximate surface area is 168 Å². The fourth-order valence-electron chi connectivity index (χ4n) is 2.84. The maximum Gasteiger partial charge on any atom is 0.0175 e. The average molecular weight is 476 g/mol. The van der Waals surface area contributed by atoms with E-state index in [4.69, 9.17) is 0 Å². The van der Waals surface area contributed by atoms with Crippen LogP contribution in [0.2, 0.25) is 0 Å². The van der Waals surface area contributed by atoms with Crippen molar-refractivity contribution in [2.75, 3.05) is 12.3 Å². The molecule has 0 unspecified atom stereocenters. The van der Waals surface area contributed by atoms with Gasteiger partial charge in [-0.1, -0.05) is 94.4 Å². The molecule has 0 aromatic heterocycles. The lowest BCUT2D eigenvalue weighted by atomic mass is 10.2. The molecule has 0 aliphatic carbocycles. The van der Waals surface area contributed by atoms with Crippen LogP contribution in [0.4, 0.5) is 0 Å². The van der Waals surface area contributed by atoms with Crippen molar-refractivity contribution in [2.24, 2.45) is 0 Å². The van der Waals surface area contributed by atoms with Crippen molar-refractivity contribution in [3.8, 4) is 0 Å². The van der Waals surface area contributed by atoms with Gasteiger partial charge in [-0.05, 0) is 65.9 Å². The van der Waals surface area contributed by atoms with Gasteiger partial charge in [0.2, 0.25) is 0 Å². The maximum absolute atomic E-state index is 3.52. The van der Waals surface area contributed by atoms with Crippen LogP contribution >= 0.6 is 39.8 Å². The van der Waals surface area contributed by atoms with E-state index in [0.717, 1.165) is 21.8 Å². The normalized spacial score (nSPS) is 11.0. The third-order valence-electron chi connectivity index (χ3n) is 4.29. The van der Waals surface area contributed by atoms with Crippen molar-refractivity contribution in [3.63, 3.8) is 0 Å². The van der Waals surface area contributed by atoms with Crippen LogP contribution < -0.4 is 5.30 Å². The monoisotopic (exact) mass is 474 g/mol. The highest BCUT2D eigenvalue weighted by atomic mass is 79.9. The highest BCUT2D eigenvalue weighted by Gasteiger charge is 2.11. The summed E-state index contributed by atoms with van der Waals surface area (Å²) in [6.45, 7) is 0. The zero-order chi connectivity index (χ0) is 17.5. The van der Waals surface area contributed by atoms with Gasteiger partial charge >= 0.3 is 0 Å². The van der Waals surface area contributed by atoms with Crippen LogP contribution in [-0.4, -0.2) is 12.3 Å². The molecule has 0 nitrogen and oxygen atoms in total. The molecule has 0 bridgehead atoms. The number of aryl methyl sites for hydroxylation is 2. The van der Waals surface area contributed by atoms with Gasteiger partial charge in [0.05, 0.1) is 0 Å². The highest BCUT2D eigenvalue weighted by Crippen LogP contribution is 2.36. The second-order valence-electron chi connectivity index (χ2n) is 6.08. The first-order valence-electron chi connectivity index (χ1n) is 8.49. The van der Waals surface area contributed by atoms with E-state index in [0.29, 0.717) is 0 Å². The quantitative estimate of drug-likeness (QED) is 0.329. The van der Waals surface area contributed by atoms with E-state index >= 15 is 0 Å². The van der Waals surface area contributed by atoms with Crippen LogP contribution in [0, 0.1) is 0 Å². The van der Waals surface area contributed by atoms with Crippen molar-refractivity contribution in [3.05, 3.63) is 98.9 Å². The van der Waals surface area contributed by atoms with E-state index in [1.807, 2.05) is 0 Å². The lowest BCUT2D eigenvalue weighted by molar-refractivity contribution is 1.11. The summed E-state index contributed by atoms with van der Waals surface area (Å²) in [5, 5.41) is 1.52.